The fourth-order valence-electron chi connectivity index (χ4n) is 2.78. The van der Waals surface area contributed by atoms with Gasteiger partial charge in [-0.15, -0.1) is 11.8 Å². The van der Waals surface area contributed by atoms with E-state index in [1.807, 2.05) is 30.3 Å². The van der Waals surface area contributed by atoms with Crippen molar-refractivity contribution in [3.05, 3.63) is 65.0 Å². The maximum atomic E-state index is 14.0. The average Bonchev–Trinajstić information content (AvgIpc) is 2.66. The first-order valence-electron chi connectivity index (χ1n) is 9.02. The smallest absolute Gasteiger partial charge is 0.230 e. The van der Waals surface area contributed by atoms with Crippen LogP contribution in [0.25, 0.3) is 0 Å². The molecule has 0 fully saturated rings. The zero-order valence-electron chi connectivity index (χ0n) is 15.5. The standard InChI is InChI=1S/C21H24FNO3S/c1-14(2)10-23-19(24)13-27-12-17-9-18(22)8-16-11-25-21(26-20(16)17)15-6-4-3-5-7-15/h3-9,14,21H,10-13H2,1-2H3,(H,23,24)/t21-/m0/s1. The minimum absolute atomic E-state index is 0.00890. The van der Waals surface area contributed by atoms with E-state index in [1.165, 1.54) is 23.9 Å². The number of carbonyl (C=O) groups is 1. The van der Waals surface area contributed by atoms with E-state index in [4.69, 9.17) is 9.47 Å². The van der Waals surface area contributed by atoms with Crippen LogP contribution in [-0.4, -0.2) is 18.2 Å². The molecule has 1 heterocycles. The van der Waals surface area contributed by atoms with Crippen molar-refractivity contribution >= 4 is 17.7 Å². The monoisotopic (exact) mass is 389 g/mol. The second kappa shape index (κ2) is 9.24. The Hall–Kier alpha value is -2.05. The van der Waals surface area contributed by atoms with E-state index >= 15 is 0 Å². The second-order valence-corrected chi connectivity index (χ2v) is 7.90. The number of carbonyl (C=O) groups excluding carboxylic acids is 1. The first-order valence-corrected chi connectivity index (χ1v) is 10.2. The summed E-state index contributed by atoms with van der Waals surface area (Å²) in [5, 5.41) is 2.89. The summed E-state index contributed by atoms with van der Waals surface area (Å²) < 4.78 is 25.7. The molecule has 0 spiro atoms. The second-order valence-electron chi connectivity index (χ2n) is 6.92. The minimum atomic E-state index is -0.512. The maximum Gasteiger partial charge on any atom is 0.230 e. The fourth-order valence-corrected chi connectivity index (χ4v) is 3.61. The van der Waals surface area contributed by atoms with E-state index in [0.717, 1.165) is 11.1 Å². The maximum absolute atomic E-state index is 14.0. The third kappa shape index (κ3) is 5.47. The highest BCUT2D eigenvalue weighted by Gasteiger charge is 2.25. The van der Waals surface area contributed by atoms with Crippen molar-refractivity contribution in [1.82, 2.24) is 5.32 Å². The van der Waals surface area contributed by atoms with Gasteiger partial charge in [0, 0.05) is 29.0 Å². The van der Waals surface area contributed by atoms with Crippen molar-refractivity contribution in [2.24, 2.45) is 5.92 Å². The topological polar surface area (TPSA) is 47.6 Å². The summed E-state index contributed by atoms with van der Waals surface area (Å²) in [7, 11) is 0. The molecule has 2 aromatic rings. The van der Waals surface area contributed by atoms with Gasteiger partial charge in [-0.3, -0.25) is 4.79 Å². The summed E-state index contributed by atoms with van der Waals surface area (Å²) in [6.45, 7) is 5.05. The van der Waals surface area contributed by atoms with Crippen molar-refractivity contribution in [2.45, 2.75) is 32.5 Å². The van der Waals surface area contributed by atoms with Crippen LogP contribution in [-0.2, 0) is 21.9 Å². The summed E-state index contributed by atoms with van der Waals surface area (Å²) in [5.41, 5.74) is 2.36. The molecule has 0 bridgehead atoms. The van der Waals surface area contributed by atoms with E-state index in [9.17, 15) is 9.18 Å². The van der Waals surface area contributed by atoms with Crippen molar-refractivity contribution in [1.29, 1.82) is 0 Å². The van der Waals surface area contributed by atoms with Crippen molar-refractivity contribution < 1.29 is 18.7 Å². The number of benzene rings is 2. The molecule has 1 N–H and O–H groups in total. The van der Waals surface area contributed by atoms with Gasteiger partial charge in [0.15, 0.2) is 0 Å². The van der Waals surface area contributed by atoms with Gasteiger partial charge in [0.25, 0.3) is 0 Å². The number of hydrogen-bond donors (Lipinski definition) is 1. The Kier molecular flexibility index (Phi) is 6.74. The van der Waals surface area contributed by atoms with E-state index < -0.39 is 6.29 Å². The lowest BCUT2D eigenvalue weighted by molar-refractivity contribution is -0.118. The molecule has 3 rings (SSSR count). The molecule has 27 heavy (non-hydrogen) atoms. The quantitative estimate of drug-likeness (QED) is 0.761. The van der Waals surface area contributed by atoms with Gasteiger partial charge in [0.1, 0.15) is 11.6 Å². The number of amides is 1. The van der Waals surface area contributed by atoms with Crippen LogP contribution < -0.4 is 10.1 Å². The lowest BCUT2D eigenvalue weighted by atomic mass is 10.1. The normalized spacial score (nSPS) is 15.9. The number of halogens is 1. The van der Waals surface area contributed by atoms with Crippen LogP contribution in [0.1, 0.15) is 36.8 Å². The van der Waals surface area contributed by atoms with Crippen LogP contribution >= 0.6 is 11.8 Å². The number of nitrogens with one attached hydrogen (secondary N) is 1. The molecule has 144 valence electrons. The lowest BCUT2D eigenvalue weighted by Crippen LogP contribution is -2.28. The Bertz CT molecular complexity index is 782. The number of thioether (sulfide) groups is 1. The molecule has 0 unspecified atom stereocenters. The molecule has 2 aromatic carbocycles. The summed E-state index contributed by atoms with van der Waals surface area (Å²) in [6, 6.07) is 12.6. The first kappa shape index (κ1) is 19.7. The molecule has 1 amide bonds. The Balaban J connectivity index is 1.66. The Morgan fingerprint density at radius 1 is 1.30 bits per heavy atom. The van der Waals surface area contributed by atoms with Crippen LogP contribution in [0.4, 0.5) is 4.39 Å². The highest BCUT2D eigenvalue weighted by molar-refractivity contribution is 7.99. The molecular formula is C21H24FNO3S. The lowest BCUT2D eigenvalue weighted by Gasteiger charge is -2.28. The first-order chi connectivity index (χ1) is 13.0. The predicted molar refractivity (Wildman–Crippen MR) is 105 cm³/mol. The Morgan fingerprint density at radius 3 is 2.81 bits per heavy atom. The Labute approximate surface area is 163 Å². The van der Waals surface area contributed by atoms with Gasteiger partial charge in [-0.25, -0.2) is 4.39 Å². The zero-order chi connectivity index (χ0) is 19.2. The molecule has 1 aliphatic rings. The van der Waals surface area contributed by atoms with Gasteiger partial charge >= 0.3 is 0 Å². The van der Waals surface area contributed by atoms with E-state index in [1.54, 1.807) is 0 Å². The van der Waals surface area contributed by atoms with Crippen molar-refractivity contribution in [3.8, 4) is 5.75 Å². The average molecular weight is 389 g/mol. The number of fused-ring (bicyclic) bond motifs is 1. The van der Waals surface area contributed by atoms with Crippen LogP contribution in [0.15, 0.2) is 42.5 Å². The fraction of sp³-hybridized carbons (Fsp3) is 0.381. The van der Waals surface area contributed by atoms with Crippen LogP contribution in [0.3, 0.4) is 0 Å². The van der Waals surface area contributed by atoms with Gasteiger partial charge in [-0.1, -0.05) is 44.2 Å². The molecule has 0 aliphatic carbocycles. The predicted octanol–water partition coefficient (Wildman–Crippen LogP) is 4.44. The molecule has 0 saturated carbocycles. The molecule has 0 aromatic heterocycles. The van der Waals surface area contributed by atoms with E-state index in [0.29, 0.717) is 41.9 Å². The third-order valence-corrected chi connectivity index (χ3v) is 5.07. The number of hydrogen-bond acceptors (Lipinski definition) is 4. The van der Waals surface area contributed by atoms with E-state index in [-0.39, 0.29) is 11.7 Å². The third-order valence-electron chi connectivity index (χ3n) is 4.09. The molecule has 6 heteroatoms. The minimum Gasteiger partial charge on any atom is -0.460 e. The van der Waals surface area contributed by atoms with Crippen molar-refractivity contribution in [2.75, 3.05) is 12.3 Å². The molecule has 0 radical (unpaired) electrons. The number of rotatable bonds is 7. The van der Waals surface area contributed by atoms with Gasteiger partial charge in [-0.2, -0.15) is 0 Å². The SMILES string of the molecule is CC(C)CNC(=O)CSCc1cc(F)cc2c1O[C@@H](c1ccccc1)OC2. The molecular weight excluding hydrogens is 365 g/mol. The summed E-state index contributed by atoms with van der Waals surface area (Å²) in [4.78, 5) is 11.9. The molecule has 1 aliphatic heterocycles. The van der Waals surface area contributed by atoms with Gasteiger partial charge in [0.2, 0.25) is 12.2 Å². The molecule has 1 atom stereocenters. The summed E-state index contributed by atoms with van der Waals surface area (Å²) in [5.74, 6) is 1.57. The van der Waals surface area contributed by atoms with E-state index in [2.05, 4.69) is 19.2 Å². The van der Waals surface area contributed by atoms with Crippen molar-refractivity contribution in [3.63, 3.8) is 0 Å². The summed E-state index contributed by atoms with van der Waals surface area (Å²) in [6.07, 6.45) is -0.512. The highest BCUT2D eigenvalue weighted by Crippen LogP contribution is 2.37. The largest absolute Gasteiger partial charge is 0.460 e. The number of ether oxygens (including phenoxy) is 2. The molecule has 0 saturated heterocycles. The summed E-state index contributed by atoms with van der Waals surface area (Å²) >= 11 is 1.45. The van der Waals surface area contributed by atoms with Gasteiger partial charge in [-0.05, 0) is 18.1 Å². The van der Waals surface area contributed by atoms with Crippen LogP contribution in [0.5, 0.6) is 5.75 Å². The van der Waals surface area contributed by atoms with Gasteiger partial charge in [0.05, 0.1) is 12.4 Å². The zero-order valence-corrected chi connectivity index (χ0v) is 16.4. The van der Waals surface area contributed by atoms with Crippen LogP contribution in [0, 0.1) is 11.7 Å². The molecule has 4 nitrogen and oxygen atoms in total. The van der Waals surface area contributed by atoms with Crippen LogP contribution in [0.2, 0.25) is 0 Å². The van der Waals surface area contributed by atoms with Gasteiger partial charge < -0.3 is 14.8 Å². The highest BCUT2D eigenvalue weighted by atomic mass is 32.2. The Morgan fingerprint density at radius 2 is 2.07 bits per heavy atom.